The number of rotatable bonds is 3. The average Bonchev–Trinajstić information content (AvgIpc) is 3.10. The van der Waals surface area contributed by atoms with E-state index in [1.807, 2.05) is 29.2 Å². The number of carbonyl (C=O) groups excluding carboxylic acids is 1. The van der Waals surface area contributed by atoms with Crippen molar-refractivity contribution in [3.05, 3.63) is 53.1 Å². The molecule has 0 bridgehead atoms. The van der Waals surface area contributed by atoms with E-state index >= 15 is 0 Å². The first-order chi connectivity index (χ1) is 14.1. The van der Waals surface area contributed by atoms with Gasteiger partial charge in [0.1, 0.15) is 0 Å². The lowest BCUT2D eigenvalue weighted by Gasteiger charge is -2.43. The fraction of sp³-hybridized carbons (Fsp3) is 0.364. The number of hydrogen-bond acceptors (Lipinski definition) is 5. The topological polar surface area (TPSA) is 39.7 Å². The van der Waals surface area contributed by atoms with E-state index in [0.29, 0.717) is 0 Å². The minimum Gasteiger partial charge on any atom is -0.368 e. The molecule has 29 heavy (non-hydrogen) atoms. The van der Waals surface area contributed by atoms with E-state index in [1.165, 1.54) is 16.0 Å². The van der Waals surface area contributed by atoms with E-state index in [-0.39, 0.29) is 11.8 Å². The van der Waals surface area contributed by atoms with Crippen molar-refractivity contribution >= 4 is 49.9 Å². The summed E-state index contributed by atoms with van der Waals surface area (Å²) in [6.07, 6.45) is 0. The fourth-order valence-electron chi connectivity index (χ4n) is 4.04. The Hall–Kier alpha value is -2.31. The van der Waals surface area contributed by atoms with Gasteiger partial charge in [-0.3, -0.25) is 4.79 Å². The average molecular weight is 427 g/mol. The minimum atomic E-state index is 0.0887. The normalized spacial score (nSPS) is 17.7. The quantitative estimate of drug-likeness (QED) is 0.633. The van der Waals surface area contributed by atoms with Crippen molar-refractivity contribution in [2.75, 3.05) is 49.1 Å². The Morgan fingerprint density at radius 1 is 1.03 bits per heavy atom. The number of amides is 1. The summed E-state index contributed by atoms with van der Waals surface area (Å²) < 4.78 is 1.22. The highest BCUT2D eigenvalue weighted by Crippen LogP contribution is 2.34. The summed E-state index contributed by atoms with van der Waals surface area (Å²) in [4.78, 5) is 24.2. The second-order valence-corrected chi connectivity index (χ2v) is 9.30. The zero-order valence-electron chi connectivity index (χ0n) is 16.3. The minimum absolute atomic E-state index is 0.0887. The third kappa shape index (κ3) is 3.67. The van der Waals surface area contributed by atoms with Gasteiger partial charge >= 0.3 is 0 Å². The number of anilines is 2. The SMILES string of the molecule is Cc1ccc2nc(N3CC(C(=O)N4CCN(c5ccc(Cl)cc5)CC4)C3)sc2c1. The van der Waals surface area contributed by atoms with Crippen LogP contribution in [-0.2, 0) is 4.79 Å². The van der Waals surface area contributed by atoms with Gasteiger partial charge in [0, 0.05) is 50.0 Å². The second-order valence-electron chi connectivity index (χ2n) is 7.86. The van der Waals surface area contributed by atoms with E-state index in [4.69, 9.17) is 16.6 Å². The van der Waals surface area contributed by atoms with E-state index < -0.39 is 0 Å². The summed E-state index contributed by atoms with van der Waals surface area (Å²) in [5.41, 5.74) is 3.47. The van der Waals surface area contributed by atoms with Crippen molar-refractivity contribution in [1.82, 2.24) is 9.88 Å². The largest absolute Gasteiger partial charge is 0.368 e. The van der Waals surface area contributed by atoms with Crippen molar-refractivity contribution in [1.29, 1.82) is 0 Å². The zero-order valence-corrected chi connectivity index (χ0v) is 17.9. The molecule has 1 amide bonds. The van der Waals surface area contributed by atoms with Crippen LogP contribution < -0.4 is 9.80 Å². The number of hydrogen-bond donors (Lipinski definition) is 0. The molecule has 3 heterocycles. The van der Waals surface area contributed by atoms with Crippen molar-refractivity contribution < 1.29 is 4.79 Å². The van der Waals surface area contributed by atoms with Crippen LogP contribution in [-0.4, -0.2) is 55.1 Å². The van der Waals surface area contributed by atoms with Crippen molar-refractivity contribution in [2.45, 2.75) is 6.92 Å². The molecular formula is C22H23ClN4OS. The summed E-state index contributed by atoms with van der Waals surface area (Å²) >= 11 is 7.70. The summed E-state index contributed by atoms with van der Waals surface area (Å²) in [7, 11) is 0. The predicted octanol–water partition coefficient (Wildman–Crippen LogP) is 4.04. The summed E-state index contributed by atoms with van der Waals surface area (Å²) in [6, 6.07) is 14.3. The molecule has 0 N–H and O–H groups in total. The lowest BCUT2D eigenvalue weighted by atomic mass is 9.99. The predicted molar refractivity (Wildman–Crippen MR) is 120 cm³/mol. The van der Waals surface area contributed by atoms with Crippen LogP contribution in [0.4, 0.5) is 10.8 Å². The summed E-state index contributed by atoms with van der Waals surface area (Å²) in [5, 5.41) is 1.78. The maximum absolute atomic E-state index is 12.9. The molecule has 150 valence electrons. The van der Waals surface area contributed by atoms with Crippen LogP contribution in [0.15, 0.2) is 42.5 Å². The molecule has 0 spiro atoms. The van der Waals surface area contributed by atoms with Crippen molar-refractivity contribution in [2.24, 2.45) is 5.92 Å². The zero-order chi connectivity index (χ0) is 20.0. The Bertz CT molecular complexity index is 1040. The first-order valence-electron chi connectivity index (χ1n) is 9.98. The van der Waals surface area contributed by atoms with Gasteiger partial charge in [0.15, 0.2) is 5.13 Å². The number of aryl methyl sites for hydroxylation is 1. The van der Waals surface area contributed by atoms with Gasteiger partial charge in [-0.05, 0) is 48.9 Å². The Labute approximate surface area is 179 Å². The molecular weight excluding hydrogens is 404 g/mol. The summed E-state index contributed by atoms with van der Waals surface area (Å²) in [5.74, 6) is 0.375. The van der Waals surface area contributed by atoms with Crippen LogP contribution >= 0.6 is 22.9 Å². The third-order valence-corrected chi connectivity index (χ3v) is 7.15. The van der Waals surface area contributed by atoms with E-state index in [0.717, 1.165) is 54.9 Å². The number of aromatic nitrogens is 1. The number of nitrogens with zero attached hydrogens (tertiary/aromatic N) is 4. The molecule has 0 aliphatic carbocycles. The van der Waals surface area contributed by atoms with Crippen LogP contribution in [0.5, 0.6) is 0 Å². The van der Waals surface area contributed by atoms with Crippen molar-refractivity contribution in [3.8, 4) is 0 Å². The number of benzene rings is 2. The Morgan fingerprint density at radius 3 is 2.48 bits per heavy atom. The van der Waals surface area contributed by atoms with Gasteiger partial charge in [0.2, 0.25) is 5.91 Å². The number of carbonyl (C=O) groups is 1. The molecule has 2 aliphatic rings. The van der Waals surface area contributed by atoms with Gasteiger partial charge in [-0.1, -0.05) is 29.0 Å². The molecule has 5 nitrogen and oxygen atoms in total. The van der Waals surface area contributed by atoms with E-state index in [9.17, 15) is 4.79 Å². The molecule has 0 saturated carbocycles. The molecule has 2 aromatic carbocycles. The molecule has 2 aliphatic heterocycles. The first-order valence-corrected chi connectivity index (χ1v) is 11.2. The van der Waals surface area contributed by atoms with Gasteiger partial charge < -0.3 is 14.7 Å². The first kappa shape index (κ1) is 18.7. The van der Waals surface area contributed by atoms with Gasteiger partial charge in [-0.2, -0.15) is 0 Å². The molecule has 3 aromatic rings. The third-order valence-electron chi connectivity index (χ3n) is 5.82. The maximum atomic E-state index is 12.9. The fourth-order valence-corrected chi connectivity index (χ4v) is 5.25. The number of piperazine rings is 1. The van der Waals surface area contributed by atoms with E-state index in [2.05, 4.69) is 34.9 Å². The molecule has 0 radical (unpaired) electrons. The molecule has 0 unspecified atom stereocenters. The molecule has 1 aromatic heterocycles. The summed E-state index contributed by atoms with van der Waals surface area (Å²) in [6.45, 7) is 6.92. The number of halogens is 1. The highest BCUT2D eigenvalue weighted by molar-refractivity contribution is 7.22. The number of fused-ring (bicyclic) bond motifs is 1. The van der Waals surface area contributed by atoms with Crippen LogP contribution in [0, 0.1) is 12.8 Å². The molecule has 5 rings (SSSR count). The standard InChI is InChI=1S/C22H23ClN4OS/c1-15-2-7-19-20(12-15)29-22(24-19)27-13-16(14-27)21(28)26-10-8-25(9-11-26)18-5-3-17(23)4-6-18/h2-7,12,16H,8-11,13-14H2,1H3. The molecule has 2 saturated heterocycles. The smallest absolute Gasteiger partial charge is 0.229 e. The van der Waals surface area contributed by atoms with Gasteiger partial charge in [-0.25, -0.2) is 4.98 Å². The Balaban J connectivity index is 1.16. The Kier molecular flexibility index (Phi) is 4.84. The lowest BCUT2D eigenvalue weighted by molar-refractivity contribution is -0.136. The van der Waals surface area contributed by atoms with Crippen LogP contribution in [0.25, 0.3) is 10.2 Å². The molecule has 7 heteroatoms. The van der Waals surface area contributed by atoms with Crippen LogP contribution in [0.1, 0.15) is 5.56 Å². The second kappa shape index (κ2) is 7.50. The Morgan fingerprint density at radius 2 is 1.76 bits per heavy atom. The highest BCUT2D eigenvalue weighted by atomic mass is 35.5. The van der Waals surface area contributed by atoms with Crippen LogP contribution in [0.3, 0.4) is 0 Å². The monoisotopic (exact) mass is 426 g/mol. The molecule has 0 atom stereocenters. The van der Waals surface area contributed by atoms with Crippen LogP contribution in [0.2, 0.25) is 5.02 Å². The maximum Gasteiger partial charge on any atom is 0.229 e. The highest BCUT2D eigenvalue weighted by Gasteiger charge is 2.37. The van der Waals surface area contributed by atoms with Gasteiger partial charge in [-0.15, -0.1) is 0 Å². The van der Waals surface area contributed by atoms with E-state index in [1.54, 1.807) is 11.3 Å². The number of thiazole rings is 1. The molecule has 2 fully saturated rings. The van der Waals surface area contributed by atoms with Crippen molar-refractivity contribution in [3.63, 3.8) is 0 Å². The van der Waals surface area contributed by atoms with Gasteiger partial charge in [0.25, 0.3) is 0 Å². The van der Waals surface area contributed by atoms with Gasteiger partial charge in [0.05, 0.1) is 16.1 Å². The lowest BCUT2D eigenvalue weighted by Crippen LogP contribution is -2.58.